The van der Waals surface area contributed by atoms with Crippen molar-refractivity contribution < 1.29 is 17.7 Å². The van der Waals surface area contributed by atoms with E-state index in [1.807, 2.05) is 6.92 Å². The molecule has 6 nitrogen and oxygen atoms in total. The molecule has 0 aliphatic heterocycles. The largest absolute Gasteiger partial charge is 0.501 e. The predicted octanol–water partition coefficient (Wildman–Crippen LogP) is 4.11. The van der Waals surface area contributed by atoms with Crippen LogP contribution in [0.4, 0.5) is 5.69 Å². The summed E-state index contributed by atoms with van der Waals surface area (Å²) >= 11 is 0. The molecule has 0 heterocycles. The average Bonchev–Trinajstić information content (AvgIpc) is 2.57. The second-order valence-electron chi connectivity index (χ2n) is 5.24. The van der Waals surface area contributed by atoms with Crippen molar-refractivity contribution in [2.24, 2.45) is 0 Å². The molecule has 0 bridgehead atoms. The molecule has 0 spiro atoms. The topological polar surface area (TPSA) is 91.8 Å². The number of phenols is 1. The van der Waals surface area contributed by atoms with Crippen LogP contribution in [-0.2, 0) is 10.1 Å². The Balaban J connectivity index is 2.13. The van der Waals surface area contributed by atoms with Gasteiger partial charge in [0.1, 0.15) is 10.6 Å². The molecule has 0 fully saturated rings. The maximum absolute atomic E-state index is 12.6. The summed E-state index contributed by atoms with van der Waals surface area (Å²) in [6.45, 7) is 1.88. The Morgan fingerprint density at radius 2 is 1.71 bits per heavy atom. The fraction of sp³-hybridized carbons (Fsp3) is 0.0588. The predicted molar refractivity (Wildman–Crippen MR) is 89.3 cm³/mol. The monoisotopic (exact) mass is 341 g/mol. The first-order valence-electron chi connectivity index (χ1n) is 7.03. The van der Waals surface area contributed by atoms with Gasteiger partial charge in [-0.1, -0.05) is 29.8 Å². The van der Waals surface area contributed by atoms with Gasteiger partial charge in [0.15, 0.2) is 4.98 Å². The Bertz CT molecular complexity index is 1070. The molecule has 0 atom stereocenters. The Morgan fingerprint density at radius 3 is 2.38 bits per heavy atom. The smallest absolute Gasteiger partial charge is 0.426 e. The highest BCUT2D eigenvalue weighted by Gasteiger charge is 2.24. The highest BCUT2D eigenvalue weighted by molar-refractivity contribution is 7.87. The Labute approximate surface area is 138 Å². The fourth-order valence-corrected chi connectivity index (χ4v) is 3.51. The average molecular weight is 341 g/mol. The number of hydrogen-bond donors (Lipinski definition) is 1. The van der Waals surface area contributed by atoms with E-state index in [0.717, 1.165) is 5.56 Å². The second-order valence-corrected chi connectivity index (χ2v) is 6.75. The van der Waals surface area contributed by atoms with Gasteiger partial charge >= 0.3 is 15.8 Å². The van der Waals surface area contributed by atoms with Crippen molar-refractivity contribution in [3.05, 3.63) is 65.1 Å². The van der Waals surface area contributed by atoms with Crippen molar-refractivity contribution in [3.63, 3.8) is 0 Å². The zero-order valence-corrected chi connectivity index (χ0v) is 13.5. The van der Waals surface area contributed by atoms with Crippen molar-refractivity contribution in [2.45, 2.75) is 11.8 Å². The summed E-state index contributed by atoms with van der Waals surface area (Å²) < 4.78 is 30.3. The summed E-state index contributed by atoms with van der Waals surface area (Å²) in [6.07, 6.45) is 0. The van der Waals surface area contributed by atoms with Crippen LogP contribution in [0.25, 0.3) is 15.7 Å². The van der Waals surface area contributed by atoms with E-state index in [-0.39, 0.29) is 32.9 Å². The van der Waals surface area contributed by atoms with Crippen LogP contribution in [0.3, 0.4) is 0 Å². The lowest BCUT2D eigenvalue weighted by molar-refractivity contribution is 0.484. The number of benzene rings is 3. The summed E-state index contributed by atoms with van der Waals surface area (Å²) in [5.74, 6) is -0.105. The molecular formula is C17H13N2O4S+. The van der Waals surface area contributed by atoms with E-state index >= 15 is 0 Å². The molecule has 0 unspecified atom stereocenters. The van der Waals surface area contributed by atoms with Gasteiger partial charge in [-0.3, -0.25) is 0 Å². The van der Waals surface area contributed by atoms with Crippen LogP contribution in [0.5, 0.6) is 11.5 Å². The standard InChI is InChI=1S/C17H12N2O4S/c1-11-5-7-12(8-6-11)23-24(21,22)16-4-2-3-14-13(16)9-10-15(19-18)17(14)20/h2-10H,1H3/p+1. The third-order valence-corrected chi connectivity index (χ3v) is 4.88. The summed E-state index contributed by atoms with van der Waals surface area (Å²) in [7, 11) is -4.09. The molecule has 0 saturated carbocycles. The summed E-state index contributed by atoms with van der Waals surface area (Å²) in [4.78, 5) is 2.87. The summed E-state index contributed by atoms with van der Waals surface area (Å²) in [5.41, 5.74) is 0.937. The van der Waals surface area contributed by atoms with Gasteiger partial charge in [0.2, 0.25) is 11.1 Å². The second kappa shape index (κ2) is 5.83. The van der Waals surface area contributed by atoms with E-state index < -0.39 is 10.1 Å². The first kappa shape index (κ1) is 15.8. The zero-order chi connectivity index (χ0) is 17.3. The van der Waals surface area contributed by atoms with E-state index in [1.165, 1.54) is 30.3 Å². The molecular weight excluding hydrogens is 328 g/mol. The first-order valence-corrected chi connectivity index (χ1v) is 8.44. The lowest BCUT2D eigenvalue weighted by Gasteiger charge is -2.10. The van der Waals surface area contributed by atoms with Crippen molar-refractivity contribution in [3.8, 4) is 11.5 Å². The third kappa shape index (κ3) is 2.75. The van der Waals surface area contributed by atoms with Crippen LogP contribution >= 0.6 is 0 Å². The SMILES string of the molecule is Cc1ccc(OS(=O)(=O)c2cccc3c(O)c([N+]#N)ccc23)cc1. The van der Waals surface area contributed by atoms with Gasteiger partial charge in [-0.2, -0.15) is 8.42 Å². The minimum Gasteiger partial charge on any atom is -0.501 e. The molecule has 24 heavy (non-hydrogen) atoms. The van der Waals surface area contributed by atoms with Crippen LogP contribution in [0.2, 0.25) is 0 Å². The van der Waals surface area contributed by atoms with Gasteiger partial charge < -0.3 is 9.29 Å². The molecule has 0 radical (unpaired) electrons. The van der Waals surface area contributed by atoms with Crippen LogP contribution in [0.15, 0.2) is 59.5 Å². The van der Waals surface area contributed by atoms with E-state index in [2.05, 4.69) is 4.98 Å². The minimum absolute atomic E-state index is 0.0449. The Hall–Kier alpha value is -3.11. The van der Waals surface area contributed by atoms with E-state index in [0.29, 0.717) is 0 Å². The fourth-order valence-electron chi connectivity index (χ4n) is 2.37. The van der Waals surface area contributed by atoms with Crippen LogP contribution < -0.4 is 4.18 Å². The maximum Gasteiger partial charge on any atom is 0.426 e. The number of diazo groups is 1. The Kier molecular flexibility index (Phi) is 3.83. The summed E-state index contributed by atoms with van der Waals surface area (Å²) in [6, 6.07) is 13.8. The maximum atomic E-state index is 12.6. The molecule has 0 aliphatic carbocycles. The molecule has 7 heteroatoms. The third-order valence-electron chi connectivity index (χ3n) is 3.58. The molecule has 3 rings (SSSR count). The van der Waals surface area contributed by atoms with Gasteiger partial charge in [0.25, 0.3) is 0 Å². The molecule has 120 valence electrons. The van der Waals surface area contributed by atoms with Gasteiger partial charge in [0, 0.05) is 16.8 Å². The van der Waals surface area contributed by atoms with Crippen LogP contribution in [0, 0.1) is 12.3 Å². The number of hydrogen-bond acceptors (Lipinski definition) is 5. The molecule has 3 aromatic carbocycles. The molecule has 3 aromatic rings. The number of aryl methyl sites for hydroxylation is 1. The van der Waals surface area contributed by atoms with Crippen LogP contribution in [0.1, 0.15) is 5.56 Å². The van der Waals surface area contributed by atoms with E-state index in [4.69, 9.17) is 9.58 Å². The normalized spacial score (nSPS) is 11.2. The lowest BCUT2D eigenvalue weighted by Crippen LogP contribution is -2.10. The van der Waals surface area contributed by atoms with E-state index in [9.17, 15) is 13.5 Å². The van der Waals surface area contributed by atoms with Crippen molar-refractivity contribution >= 4 is 26.6 Å². The zero-order valence-electron chi connectivity index (χ0n) is 12.7. The lowest BCUT2D eigenvalue weighted by atomic mass is 10.1. The molecule has 0 amide bonds. The van der Waals surface area contributed by atoms with Gasteiger partial charge in [-0.15, -0.1) is 0 Å². The van der Waals surface area contributed by atoms with Crippen molar-refractivity contribution in [1.82, 2.24) is 0 Å². The minimum atomic E-state index is -4.09. The highest BCUT2D eigenvalue weighted by Crippen LogP contribution is 2.37. The van der Waals surface area contributed by atoms with Crippen LogP contribution in [-0.4, -0.2) is 13.5 Å². The van der Waals surface area contributed by atoms with E-state index in [1.54, 1.807) is 24.3 Å². The van der Waals surface area contributed by atoms with Gasteiger partial charge in [-0.05, 0) is 31.2 Å². The van der Waals surface area contributed by atoms with Gasteiger partial charge in [-0.25, -0.2) is 0 Å². The number of phenolic OH excluding ortho intramolecular Hbond substituents is 1. The molecule has 0 saturated heterocycles. The molecule has 1 N–H and O–H groups in total. The van der Waals surface area contributed by atoms with Gasteiger partial charge in [0.05, 0.1) is 0 Å². The summed E-state index contributed by atoms with van der Waals surface area (Å²) in [5, 5.41) is 19.4. The number of rotatable bonds is 3. The molecule has 0 aromatic heterocycles. The Morgan fingerprint density at radius 1 is 1.00 bits per heavy atom. The molecule has 0 aliphatic rings. The highest BCUT2D eigenvalue weighted by atomic mass is 32.2. The van der Waals surface area contributed by atoms with Crippen molar-refractivity contribution in [2.75, 3.05) is 0 Å². The van der Waals surface area contributed by atoms with Crippen molar-refractivity contribution in [1.29, 1.82) is 5.39 Å². The first-order chi connectivity index (χ1) is 11.4. The quantitative estimate of drug-likeness (QED) is 0.572. The number of fused-ring (bicyclic) bond motifs is 1. The number of aromatic hydroxyl groups is 1. The number of nitrogens with zero attached hydrogens (tertiary/aromatic N) is 2.